The van der Waals surface area contributed by atoms with Gasteiger partial charge in [0.1, 0.15) is 5.76 Å². The molecule has 130 valence electrons. The Morgan fingerprint density at radius 3 is 2.42 bits per heavy atom. The highest BCUT2D eigenvalue weighted by Gasteiger charge is 2.14. The number of benzene rings is 2. The predicted molar refractivity (Wildman–Crippen MR) is 92.2 cm³/mol. The van der Waals surface area contributed by atoms with Crippen LogP contribution in [-0.4, -0.2) is 21.9 Å². The van der Waals surface area contributed by atoms with Gasteiger partial charge in [0.2, 0.25) is 0 Å². The number of nitrogens with one attached hydrogen (secondary N) is 1. The average molecular weight is 352 g/mol. The average Bonchev–Trinajstić information content (AvgIpc) is 3.12. The van der Waals surface area contributed by atoms with Crippen LogP contribution in [0.4, 0.5) is 11.4 Å². The SMILES string of the molecule is O=C(O)c1ccc(NC(=O)c2ccc(-c3cccc([N+](=O)[O-])c3)o2)cc1. The van der Waals surface area contributed by atoms with Crippen molar-refractivity contribution in [3.63, 3.8) is 0 Å². The number of anilines is 1. The van der Waals surface area contributed by atoms with Crippen LogP contribution in [0, 0.1) is 10.1 Å². The van der Waals surface area contributed by atoms with E-state index in [1.165, 1.54) is 48.5 Å². The Morgan fingerprint density at radius 1 is 1.04 bits per heavy atom. The van der Waals surface area contributed by atoms with Gasteiger partial charge in [0.15, 0.2) is 5.76 Å². The lowest BCUT2D eigenvalue weighted by molar-refractivity contribution is -0.384. The van der Waals surface area contributed by atoms with E-state index in [1.807, 2.05) is 0 Å². The molecule has 0 atom stereocenters. The number of non-ortho nitro benzene ring substituents is 1. The summed E-state index contributed by atoms with van der Waals surface area (Å²) in [5.41, 5.74) is 0.912. The van der Waals surface area contributed by atoms with Crippen molar-refractivity contribution in [3.8, 4) is 11.3 Å². The van der Waals surface area contributed by atoms with Crippen molar-refractivity contribution in [1.82, 2.24) is 0 Å². The van der Waals surface area contributed by atoms with Crippen molar-refractivity contribution < 1.29 is 24.0 Å². The fourth-order valence-corrected chi connectivity index (χ4v) is 2.28. The van der Waals surface area contributed by atoms with Crippen molar-refractivity contribution in [2.75, 3.05) is 5.32 Å². The smallest absolute Gasteiger partial charge is 0.335 e. The van der Waals surface area contributed by atoms with Gasteiger partial charge in [-0.2, -0.15) is 0 Å². The van der Waals surface area contributed by atoms with Crippen molar-refractivity contribution in [2.24, 2.45) is 0 Å². The zero-order valence-corrected chi connectivity index (χ0v) is 13.2. The second kappa shape index (κ2) is 6.89. The van der Waals surface area contributed by atoms with Crippen LogP contribution in [0.25, 0.3) is 11.3 Å². The van der Waals surface area contributed by atoms with Crippen molar-refractivity contribution >= 4 is 23.3 Å². The zero-order chi connectivity index (χ0) is 18.7. The second-order valence-corrected chi connectivity index (χ2v) is 5.31. The van der Waals surface area contributed by atoms with E-state index in [2.05, 4.69) is 5.32 Å². The molecular formula is C18H12N2O6. The summed E-state index contributed by atoms with van der Waals surface area (Å²) in [6.07, 6.45) is 0. The molecule has 0 bridgehead atoms. The highest BCUT2D eigenvalue weighted by molar-refractivity contribution is 6.02. The number of amides is 1. The first-order valence-corrected chi connectivity index (χ1v) is 7.43. The molecule has 26 heavy (non-hydrogen) atoms. The number of hydrogen-bond donors (Lipinski definition) is 2. The summed E-state index contributed by atoms with van der Waals surface area (Å²) in [6, 6.07) is 14.5. The van der Waals surface area contributed by atoms with Gasteiger partial charge in [0.25, 0.3) is 11.6 Å². The van der Waals surface area contributed by atoms with Gasteiger partial charge in [-0.3, -0.25) is 14.9 Å². The van der Waals surface area contributed by atoms with Gasteiger partial charge >= 0.3 is 5.97 Å². The molecule has 0 spiro atoms. The van der Waals surface area contributed by atoms with Gasteiger partial charge in [-0.15, -0.1) is 0 Å². The number of carboxylic acid groups (broad SMARTS) is 1. The fraction of sp³-hybridized carbons (Fsp3) is 0. The maximum Gasteiger partial charge on any atom is 0.335 e. The van der Waals surface area contributed by atoms with Crippen LogP contribution < -0.4 is 5.32 Å². The summed E-state index contributed by atoms with van der Waals surface area (Å²) in [4.78, 5) is 33.4. The topological polar surface area (TPSA) is 123 Å². The first-order chi connectivity index (χ1) is 12.4. The lowest BCUT2D eigenvalue weighted by atomic mass is 10.1. The first kappa shape index (κ1) is 16.9. The maximum absolute atomic E-state index is 12.2. The molecule has 0 fully saturated rings. The number of aromatic carboxylic acids is 1. The summed E-state index contributed by atoms with van der Waals surface area (Å²) < 4.78 is 5.47. The minimum absolute atomic E-state index is 0.0221. The van der Waals surface area contributed by atoms with Gasteiger partial charge in [-0.25, -0.2) is 4.79 Å². The van der Waals surface area contributed by atoms with Crippen LogP contribution in [0.15, 0.2) is 65.1 Å². The first-order valence-electron chi connectivity index (χ1n) is 7.43. The van der Waals surface area contributed by atoms with Crippen molar-refractivity contribution in [3.05, 3.63) is 82.1 Å². The van der Waals surface area contributed by atoms with E-state index in [0.29, 0.717) is 17.0 Å². The molecule has 0 saturated carbocycles. The van der Waals surface area contributed by atoms with Crippen LogP contribution in [0.3, 0.4) is 0 Å². The minimum Gasteiger partial charge on any atom is -0.478 e. The van der Waals surface area contributed by atoms with E-state index in [0.717, 1.165) is 0 Å². The molecule has 0 aliphatic heterocycles. The standard InChI is InChI=1S/C18H12N2O6/c21-17(19-13-6-4-11(5-7-13)18(22)23)16-9-8-15(26-16)12-2-1-3-14(10-12)20(24)25/h1-10H,(H,19,21)(H,22,23). The Balaban J connectivity index is 1.76. The Hall–Kier alpha value is -3.94. The zero-order valence-electron chi connectivity index (χ0n) is 13.2. The lowest BCUT2D eigenvalue weighted by Crippen LogP contribution is -2.11. The van der Waals surface area contributed by atoms with Gasteiger partial charge in [-0.05, 0) is 36.4 Å². The molecule has 3 aromatic rings. The van der Waals surface area contributed by atoms with Crippen molar-refractivity contribution in [2.45, 2.75) is 0 Å². The second-order valence-electron chi connectivity index (χ2n) is 5.31. The molecule has 1 heterocycles. The van der Waals surface area contributed by atoms with Crippen LogP contribution >= 0.6 is 0 Å². The van der Waals surface area contributed by atoms with E-state index >= 15 is 0 Å². The van der Waals surface area contributed by atoms with Crippen LogP contribution in [0.2, 0.25) is 0 Å². The number of furan rings is 1. The number of rotatable bonds is 5. The molecule has 8 heteroatoms. The molecule has 0 aliphatic carbocycles. The summed E-state index contributed by atoms with van der Waals surface area (Å²) >= 11 is 0. The monoisotopic (exact) mass is 352 g/mol. The highest BCUT2D eigenvalue weighted by Crippen LogP contribution is 2.26. The van der Waals surface area contributed by atoms with Crippen LogP contribution in [0.5, 0.6) is 0 Å². The molecule has 2 aromatic carbocycles. The Morgan fingerprint density at radius 2 is 1.77 bits per heavy atom. The summed E-state index contributed by atoms with van der Waals surface area (Å²) in [7, 11) is 0. The van der Waals surface area contributed by atoms with Crippen molar-refractivity contribution in [1.29, 1.82) is 0 Å². The number of hydrogen-bond acceptors (Lipinski definition) is 5. The van der Waals surface area contributed by atoms with E-state index in [1.54, 1.807) is 12.1 Å². The maximum atomic E-state index is 12.2. The predicted octanol–water partition coefficient (Wildman–Crippen LogP) is 3.81. The Kier molecular flexibility index (Phi) is 4.48. The van der Waals surface area contributed by atoms with Gasteiger partial charge in [0.05, 0.1) is 10.5 Å². The number of carboxylic acids is 1. The quantitative estimate of drug-likeness (QED) is 0.532. The summed E-state index contributed by atoms with van der Waals surface area (Å²) in [5.74, 6) is -1.24. The van der Waals surface area contributed by atoms with E-state index < -0.39 is 16.8 Å². The molecule has 1 amide bonds. The molecule has 8 nitrogen and oxygen atoms in total. The summed E-state index contributed by atoms with van der Waals surface area (Å²) in [5, 5.41) is 22.3. The number of nitrogens with zero attached hydrogens (tertiary/aromatic N) is 1. The third-order valence-corrected chi connectivity index (χ3v) is 3.56. The van der Waals surface area contributed by atoms with Crippen LogP contribution in [-0.2, 0) is 0 Å². The third-order valence-electron chi connectivity index (χ3n) is 3.56. The number of nitro groups is 1. The number of carbonyl (C=O) groups is 2. The number of nitro benzene ring substituents is 1. The molecular weight excluding hydrogens is 340 g/mol. The minimum atomic E-state index is -1.06. The van der Waals surface area contributed by atoms with Gasteiger partial charge in [0, 0.05) is 23.4 Å². The third kappa shape index (κ3) is 3.59. The van der Waals surface area contributed by atoms with Gasteiger partial charge < -0.3 is 14.8 Å². The fourth-order valence-electron chi connectivity index (χ4n) is 2.28. The van der Waals surface area contributed by atoms with E-state index in [9.17, 15) is 19.7 Å². The van der Waals surface area contributed by atoms with E-state index in [4.69, 9.17) is 9.52 Å². The lowest BCUT2D eigenvalue weighted by Gasteiger charge is -2.03. The molecule has 0 aliphatic rings. The largest absolute Gasteiger partial charge is 0.478 e. The normalized spacial score (nSPS) is 10.3. The molecule has 0 saturated heterocycles. The van der Waals surface area contributed by atoms with E-state index in [-0.39, 0.29) is 17.0 Å². The molecule has 3 rings (SSSR count). The summed E-state index contributed by atoms with van der Waals surface area (Å²) in [6.45, 7) is 0. The van der Waals surface area contributed by atoms with Gasteiger partial charge in [-0.1, -0.05) is 12.1 Å². The highest BCUT2D eigenvalue weighted by atomic mass is 16.6. The van der Waals surface area contributed by atoms with Crippen LogP contribution in [0.1, 0.15) is 20.9 Å². The molecule has 2 N–H and O–H groups in total. The Bertz CT molecular complexity index is 991. The number of carbonyl (C=O) groups excluding carboxylic acids is 1. The molecule has 0 radical (unpaired) electrons. The molecule has 1 aromatic heterocycles. The Labute approximate surface area is 146 Å². The molecule has 0 unspecified atom stereocenters.